The van der Waals surface area contributed by atoms with Gasteiger partial charge in [0.2, 0.25) is 11.8 Å². The van der Waals surface area contributed by atoms with Crippen LogP contribution in [-0.4, -0.2) is 74.0 Å². The van der Waals surface area contributed by atoms with Gasteiger partial charge in [-0.1, -0.05) is 48.5 Å². The molecular formula is C38H38F4N4O3. The average Bonchev–Trinajstić information content (AvgIpc) is 3.14. The number of carbonyl (C=O) groups is 2. The summed E-state index contributed by atoms with van der Waals surface area (Å²) in [6.07, 6.45) is -2.70. The minimum absolute atomic E-state index is 0.187. The molecular weight excluding hydrogens is 636 g/mol. The Bertz CT molecular complexity index is 1600. The molecule has 2 heterocycles. The van der Waals surface area contributed by atoms with Crippen LogP contribution in [0, 0.1) is 23.3 Å². The number of benzene rings is 4. The Hall–Kier alpha value is -4.90. The lowest BCUT2D eigenvalue weighted by Crippen LogP contribution is -2.49. The quantitative estimate of drug-likeness (QED) is 0.180. The van der Waals surface area contributed by atoms with E-state index in [1.807, 2.05) is 60.7 Å². The topological polar surface area (TPSA) is 56.3 Å². The van der Waals surface area contributed by atoms with Gasteiger partial charge in [-0.15, -0.1) is 0 Å². The zero-order valence-corrected chi connectivity index (χ0v) is 27.0. The molecule has 7 nitrogen and oxygen atoms in total. The van der Waals surface area contributed by atoms with Gasteiger partial charge in [0, 0.05) is 63.7 Å². The van der Waals surface area contributed by atoms with Gasteiger partial charge in [0.25, 0.3) is 0 Å². The molecule has 0 spiro atoms. The number of hydrogen-bond acceptors (Lipinski definition) is 5. The average molecular weight is 675 g/mol. The third-order valence-corrected chi connectivity index (χ3v) is 9.19. The minimum Gasteiger partial charge on any atom is -0.368 e. The van der Waals surface area contributed by atoms with Gasteiger partial charge in [0.1, 0.15) is 0 Å². The van der Waals surface area contributed by atoms with E-state index in [-0.39, 0.29) is 35.8 Å². The van der Waals surface area contributed by atoms with E-state index in [1.165, 1.54) is 12.1 Å². The van der Waals surface area contributed by atoms with Crippen molar-refractivity contribution in [2.24, 2.45) is 0 Å². The third kappa shape index (κ3) is 8.40. The molecule has 256 valence electrons. The highest BCUT2D eigenvalue weighted by atomic mass is 19.2. The molecule has 2 atom stereocenters. The van der Waals surface area contributed by atoms with Gasteiger partial charge in [-0.3, -0.25) is 9.59 Å². The lowest BCUT2D eigenvalue weighted by molar-refractivity contribution is -0.139. The summed E-state index contributed by atoms with van der Waals surface area (Å²) < 4.78 is 63.4. The SMILES string of the molecule is O=C(CC(OC(CC(=O)N1CCN(c2ccccc2)CC1)c1ccc(F)c(F)c1)c1ccc(F)c(F)c1)N1CCN(c2ccccc2)CC1. The van der Waals surface area contributed by atoms with Gasteiger partial charge in [-0.2, -0.15) is 0 Å². The first-order chi connectivity index (χ1) is 23.7. The first-order valence-electron chi connectivity index (χ1n) is 16.5. The second kappa shape index (κ2) is 15.5. The predicted molar refractivity (Wildman–Crippen MR) is 179 cm³/mol. The maximum absolute atomic E-state index is 14.5. The largest absolute Gasteiger partial charge is 0.368 e. The summed E-state index contributed by atoms with van der Waals surface area (Å²) in [7, 11) is 0. The number of rotatable bonds is 10. The smallest absolute Gasteiger partial charge is 0.225 e. The lowest BCUT2D eigenvalue weighted by Gasteiger charge is -2.37. The van der Waals surface area contributed by atoms with Crippen molar-refractivity contribution in [3.8, 4) is 0 Å². The molecule has 11 heteroatoms. The van der Waals surface area contributed by atoms with Crippen molar-refractivity contribution in [1.82, 2.24) is 9.80 Å². The summed E-state index contributed by atoms with van der Waals surface area (Å²) in [6, 6.07) is 26.2. The maximum Gasteiger partial charge on any atom is 0.225 e. The van der Waals surface area contributed by atoms with E-state index in [2.05, 4.69) is 9.80 Å². The van der Waals surface area contributed by atoms with Crippen LogP contribution < -0.4 is 9.80 Å². The number of carbonyl (C=O) groups excluding carboxylic acids is 2. The van der Waals surface area contributed by atoms with Crippen molar-refractivity contribution in [1.29, 1.82) is 0 Å². The molecule has 0 radical (unpaired) electrons. The summed E-state index contributed by atoms with van der Waals surface area (Å²) in [4.78, 5) is 35.1. The van der Waals surface area contributed by atoms with E-state index >= 15 is 0 Å². The molecule has 2 aliphatic heterocycles. The summed E-state index contributed by atoms with van der Waals surface area (Å²) >= 11 is 0. The highest BCUT2D eigenvalue weighted by Gasteiger charge is 2.31. The molecule has 0 saturated carbocycles. The van der Waals surface area contributed by atoms with Crippen molar-refractivity contribution >= 4 is 23.2 Å². The minimum atomic E-state index is -1.12. The fourth-order valence-corrected chi connectivity index (χ4v) is 6.39. The summed E-state index contributed by atoms with van der Waals surface area (Å²) in [5, 5.41) is 0. The standard InChI is InChI=1S/C38H38F4N4O3/c39-31-13-11-27(23-33(31)41)35(25-37(47)45-19-15-43(16-20-45)29-7-3-1-4-8-29)49-36(28-12-14-32(40)34(42)24-28)26-38(48)46-21-17-44(18-22-46)30-9-5-2-6-10-30/h1-14,23-24,35-36H,15-22,25-26H2. The Morgan fingerprint density at radius 3 is 1.22 bits per heavy atom. The van der Waals surface area contributed by atoms with E-state index in [0.29, 0.717) is 52.4 Å². The maximum atomic E-state index is 14.5. The second-order valence-electron chi connectivity index (χ2n) is 12.3. The molecule has 2 amide bonds. The molecule has 2 aliphatic rings. The number of amides is 2. The predicted octanol–water partition coefficient (Wildman–Crippen LogP) is 6.52. The molecule has 4 aromatic carbocycles. The van der Waals surface area contributed by atoms with Crippen LogP contribution in [0.4, 0.5) is 28.9 Å². The van der Waals surface area contributed by atoms with Gasteiger partial charge >= 0.3 is 0 Å². The number of piperazine rings is 2. The van der Waals surface area contributed by atoms with Gasteiger partial charge in [0.15, 0.2) is 23.3 Å². The van der Waals surface area contributed by atoms with Crippen LogP contribution in [0.5, 0.6) is 0 Å². The van der Waals surface area contributed by atoms with Crippen LogP contribution in [0.3, 0.4) is 0 Å². The molecule has 6 rings (SSSR count). The fraction of sp³-hybridized carbons (Fsp3) is 0.316. The first kappa shape index (κ1) is 34.0. The Kier molecular flexibility index (Phi) is 10.8. The van der Waals surface area contributed by atoms with Crippen LogP contribution in [0.1, 0.15) is 36.2 Å². The van der Waals surface area contributed by atoms with Crippen molar-refractivity contribution in [3.05, 3.63) is 131 Å². The van der Waals surface area contributed by atoms with E-state index < -0.39 is 35.5 Å². The van der Waals surface area contributed by atoms with Crippen molar-refractivity contribution < 1.29 is 31.9 Å². The van der Waals surface area contributed by atoms with E-state index in [4.69, 9.17) is 4.74 Å². The summed E-state index contributed by atoms with van der Waals surface area (Å²) in [5.74, 6) is -4.90. The van der Waals surface area contributed by atoms with Crippen LogP contribution >= 0.6 is 0 Å². The van der Waals surface area contributed by atoms with Gasteiger partial charge in [0.05, 0.1) is 25.0 Å². The highest BCUT2D eigenvalue weighted by Crippen LogP contribution is 2.34. The number of hydrogen-bond donors (Lipinski definition) is 0. The van der Waals surface area contributed by atoms with Crippen molar-refractivity contribution in [2.75, 3.05) is 62.2 Å². The van der Waals surface area contributed by atoms with E-state index in [1.54, 1.807) is 9.80 Å². The van der Waals surface area contributed by atoms with Crippen molar-refractivity contribution in [2.45, 2.75) is 25.0 Å². The van der Waals surface area contributed by atoms with E-state index in [9.17, 15) is 27.2 Å². The zero-order chi connectivity index (χ0) is 34.3. The Morgan fingerprint density at radius 2 is 0.878 bits per heavy atom. The number of anilines is 2. The molecule has 0 bridgehead atoms. The Labute approximate surface area is 283 Å². The molecule has 2 saturated heterocycles. The lowest BCUT2D eigenvalue weighted by atomic mass is 10.0. The van der Waals surface area contributed by atoms with Crippen LogP contribution in [0.15, 0.2) is 97.1 Å². The number of ether oxygens (including phenoxy) is 1. The number of para-hydroxylation sites is 2. The highest BCUT2D eigenvalue weighted by molar-refractivity contribution is 5.78. The molecule has 0 N–H and O–H groups in total. The molecule has 2 fully saturated rings. The molecule has 2 unspecified atom stereocenters. The van der Waals surface area contributed by atoms with Gasteiger partial charge < -0.3 is 24.3 Å². The Morgan fingerprint density at radius 1 is 0.510 bits per heavy atom. The summed E-state index contributed by atoms with van der Waals surface area (Å²) in [6.45, 7) is 4.20. The van der Waals surface area contributed by atoms with Crippen LogP contribution in [0.2, 0.25) is 0 Å². The molecule has 0 aliphatic carbocycles. The third-order valence-electron chi connectivity index (χ3n) is 9.19. The summed E-state index contributed by atoms with van der Waals surface area (Å²) in [5.41, 5.74) is 2.48. The zero-order valence-electron chi connectivity index (χ0n) is 27.0. The first-order valence-corrected chi connectivity index (χ1v) is 16.5. The Balaban J connectivity index is 1.20. The number of halogens is 4. The normalized spacial score (nSPS) is 16.4. The molecule has 4 aromatic rings. The van der Waals surface area contributed by atoms with E-state index in [0.717, 1.165) is 35.6 Å². The van der Waals surface area contributed by atoms with Crippen molar-refractivity contribution in [3.63, 3.8) is 0 Å². The van der Waals surface area contributed by atoms with Gasteiger partial charge in [-0.25, -0.2) is 17.6 Å². The fourth-order valence-electron chi connectivity index (χ4n) is 6.39. The van der Waals surface area contributed by atoms with Gasteiger partial charge in [-0.05, 0) is 59.7 Å². The molecule has 0 aromatic heterocycles. The number of nitrogens with zero attached hydrogens (tertiary/aromatic N) is 4. The monoisotopic (exact) mass is 674 g/mol. The second-order valence-corrected chi connectivity index (χ2v) is 12.3. The molecule has 49 heavy (non-hydrogen) atoms. The van der Waals surface area contributed by atoms with Crippen LogP contribution in [0.25, 0.3) is 0 Å². The van der Waals surface area contributed by atoms with Crippen LogP contribution in [-0.2, 0) is 14.3 Å².